The average molecular weight is 465 g/mol. The minimum atomic E-state index is -4.07. The topological polar surface area (TPSA) is 84.3 Å². The molecule has 0 saturated carbocycles. The van der Waals surface area contributed by atoms with Crippen molar-refractivity contribution in [2.24, 2.45) is 0 Å². The lowest BCUT2D eigenvalue weighted by Gasteiger charge is -2.19. The largest absolute Gasteiger partial charge is 0.306 e. The van der Waals surface area contributed by atoms with Crippen LogP contribution < -0.4 is 5.32 Å². The van der Waals surface area contributed by atoms with Crippen molar-refractivity contribution in [1.29, 1.82) is 0 Å². The van der Waals surface area contributed by atoms with Gasteiger partial charge in [-0.15, -0.1) is 0 Å². The van der Waals surface area contributed by atoms with E-state index < -0.39 is 26.6 Å². The predicted octanol–water partition coefficient (Wildman–Crippen LogP) is 4.26. The van der Waals surface area contributed by atoms with Crippen LogP contribution in [0.2, 0.25) is 5.02 Å². The molecule has 0 aliphatic carbocycles. The summed E-state index contributed by atoms with van der Waals surface area (Å²) in [7, 11) is -4.07. The molecule has 0 bridgehead atoms. The first-order valence-corrected chi connectivity index (χ1v) is 11.4. The number of hydrogen-bond donors (Lipinski definition) is 1. The normalized spacial score (nSPS) is 11.7. The molecule has 0 aliphatic heterocycles. The molecule has 164 valence electrons. The highest BCUT2D eigenvalue weighted by molar-refractivity contribution is 7.89. The van der Waals surface area contributed by atoms with Gasteiger partial charge in [0.25, 0.3) is 5.91 Å². The minimum Gasteiger partial charge on any atom is -0.306 e. The van der Waals surface area contributed by atoms with E-state index in [4.69, 9.17) is 11.6 Å². The molecule has 3 rings (SSSR count). The van der Waals surface area contributed by atoms with Gasteiger partial charge in [0.1, 0.15) is 16.5 Å². The Morgan fingerprint density at radius 3 is 2.52 bits per heavy atom. The zero-order valence-electron chi connectivity index (χ0n) is 17.3. The fourth-order valence-electron chi connectivity index (χ4n) is 3.13. The second kappa shape index (κ2) is 9.17. The van der Waals surface area contributed by atoms with Gasteiger partial charge in [-0.3, -0.25) is 4.79 Å². The number of aromatic nitrogens is 2. The van der Waals surface area contributed by atoms with Crippen LogP contribution in [0.1, 0.15) is 29.9 Å². The van der Waals surface area contributed by atoms with Crippen LogP contribution in [0.15, 0.2) is 53.4 Å². The Morgan fingerprint density at radius 1 is 1.16 bits per heavy atom. The van der Waals surface area contributed by atoms with Crippen molar-refractivity contribution in [1.82, 2.24) is 14.1 Å². The van der Waals surface area contributed by atoms with Gasteiger partial charge in [0.2, 0.25) is 10.0 Å². The molecular formula is C21H22ClFN4O3S. The fourth-order valence-corrected chi connectivity index (χ4v) is 4.86. The summed E-state index contributed by atoms with van der Waals surface area (Å²) < 4.78 is 42.5. The summed E-state index contributed by atoms with van der Waals surface area (Å²) in [5.41, 5.74) is 1.29. The van der Waals surface area contributed by atoms with Gasteiger partial charge < -0.3 is 5.32 Å². The number of carbonyl (C=O) groups is 1. The van der Waals surface area contributed by atoms with E-state index in [1.807, 2.05) is 0 Å². The SMILES string of the molecule is CCN(CC)S(=O)(=O)c1cc(C(=O)Nc2cc(C)nn2-c2cccc(Cl)c2)ccc1F. The Morgan fingerprint density at radius 2 is 1.87 bits per heavy atom. The van der Waals surface area contributed by atoms with Gasteiger partial charge in [-0.1, -0.05) is 31.5 Å². The number of benzene rings is 2. The van der Waals surface area contributed by atoms with Crippen molar-refractivity contribution < 1.29 is 17.6 Å². The van der Waals surface area contributed by atoms with E-state index in [0.717, 1.165) is 16.4 Å². The first-order chi connectivity index (χ1) is 14.7. The predicted molar refractivity (Wildman–Crippen MR) is 118 cm³/mol. The van der Waals surface area contributed by atoms with Crippen LogP contribution in [0, 0.1) is 12.7 Å². The third-order valence-corrected chi connectivity index (χ3v) is 6.94. The van der Waals surface area contributed by atoms with E-state index in [2.05, 4.69) is 10.4 Å². The van der Waals surface area contributed by atoms with Crippen LogP contribution in [-0.4, -0.2) is 41.5 Å². The van der Waals surface area contributed by atoms with Gasteiger partial charge in [-0.2, -0.15) is 9.40 Å². The maximum Gasteiger partial charge on any atom is 0.256 e. The van der Waals surface area contributed by atoms with Crippen molar-refractivity contribution in [2.75, 3.05) is 18.4 Å². The van der Waals surface area contributed by atoms with Crippen LogP contribution in [0.3, 0.4) is 0 Å². The zero-order valence-corrected chi connectivity index (χ0v) is 18.8. The summed E-state index contributed by atoms with van der Waals surface area (Å²) in [6.45, 7) is 5.46. The number of aryl methyl sites for hydroxylation is 1. The third-order valence-electron chi connectivity index (χ3n) is 4.64. The number of carbonyl (C=O) groups excluding carboxylic acids is 1. The van der Waals surface area contributed by atoms with Gasteiger partial charge in [-0.25, -0.2) is 17.5 Å². The quantitative estimate of drug-likeness (QED) is 0.566. The molecule has 0 spiro atoms. The van der Waals surface area contributed by atoms with Crippen molar-refractivity contribution in [3.8, 4) is 5.69 Å². The lowest BCUT2D eigenvalue weighted by atomic mass is 10.2. The van der Waals surface area contributed by atoms with Gasteiger partial charge >= 0.3 is 0 Å². The third kappa shape index (κ3) is 4.79. The lowest BCUT2D eigenvalue weighted by Crippen LogP contribution is -2.31. The molecule has 3 aromatic rings. The van der Waals surface area contributed by atoms with Crippen LogP contribution in [0.5, 0.6) is 0 Å². The van der Waals surface area contributed by atoms with Crippen molar-refractivity contribution >= 4 is 33.3 Å². The Bertz CT molecular complexity index is 1220. The standard InChI is InChI=1S/C21H22ClFN4O3S/c1-4-26(5-2)31(29,30)19-12-15(9-10-18(19)23)21(28)24-20-11-14(3)25-27(20)17-8-6-7-16(22)13-17/h6-13H,4-5H2,1-3H3,(H,24,28). The Kier molecular flexibility index (Phi) is 6.78. The summed E-state index contributed by atoms with van der Waals surface area (Å²) in [6, 6.07) is 11.9. The minimum absolute atomic E-state index is 0.00336. The molecule has 10 heteroatoms. The highest BCUT2D eigenvalue weighted by Crippen LogP contribution is 2.23. The molecule has 0 aliphatic rings. The van der Waals surface area contributed by atoms with Gasteiger partial charge in [0, 0.05) is 29.7 Å². The molecule has 1 aromatic heterocycles. The molecule has 0 radical (unpaired) electrons. The van der Waals surface area contributed by atoms with E-state index >= 15 is 0 Å². The molecule has 1 N–H and O–H groups in total. The van der Waals surface area contributed by atoms with Crippen LogP contribution in [-0.2, 0) is 10.0 Å². The molecule has 1 amide bonds. The smallest absolute Gasteiger partial charge is 0.256 e. The summed E-state index contributed by atoms with van der Waals surface area (Å²) in [5.74, 6) is -1.15. The van der Waals surface area contributed by atoms with E-state index in [1.165, 1.54) is 10.7 Å². The van der Waals surface area contributed by atoms with Gasteiger partial charge in [-0.05, 0) is 43.3 Å². The van der Waals surface area contributed by atoms with Crippen LogP contribution in [0.4, 0.5) is 10.2 Å². The number of nitrogens with one attached hydrogen (secondary N) is 1. The molecule has 7 nitrogen and oxygen atoms in total. The number of sulfonamides is 1. The molecule has 2 aromatic carbocycles. The molecule has 0 fully saturated rings. The van der Waals surface area contributed by atoms with Crippen molar-refractivity contribution in [3.05, 3.63) is 70.6 Å². The molecule has 31 heavy (non-hydrogen) atoms. The van der Waals surface area contributed by atoms with E-state index in [0.29, 0.717) is 22.2 Å². The molecule has 0 atom stereocenters. The Labute approximate surface area is 185 Å². The van der Waals surface area contributed by atoms with E-state index in [1.54, 1.807) is 51.1 Å². The lowest BCUT2D eigenvalue weighted by molar-refractivity contribution is 0.102. The summed E-state index contributed by atoms with van der Waals surface area (Å²) >= 11 is 6.06. The number of halogens is 2. The van der Waals surface area contributed by atoms with Crippen molar-refractivity contribution in [2.45, 2.75) is 25.7 Å². The summed E-state index contributed by atoms with van der Waals surface area (Å²) in [6.07, 6.45) is 0. The first-order valence-electron chi connectivity index (χ1n) is 9.61. The maximum atomic E-state index is 14.4. The first kappa shape index (κ1) is 22.9. The number of rotatable bonds is 7. The maximum absolute atomic E-state index is 14.4. The van der Waals surface area contributed by atoms with Crippen molar-refractivity contribution in [3.63, 3.8) is 0 Å². The number of hydrogen-bond acceptors (Lipinski definition) is 4. The average Bonchev–Trinajstić information content (AvgIpc) is 3.08. The Hall–Kier alpha value is -2.75. The second-order valence-corrected chi connectivity index (χ2v) is 9.09. The van der Waals surface area contributed by atoms with E-state index in [-0.39, 0.29) is 18.7 Å². The Balaban J connectivity index is 1.96. The molecule has 0 unspecified atom stereocenters. The fraction of sp³-hybridized carbons (Fsp3) is 0.238. The van der Waals surface area contributed by atoms with Crippen LogP contribution in [0.25, 0.3) is 5.69 Å². The number of amides is 1. The number of nitrogens with zero attached hydrogens (tertiary/aromatic N) is 3. The zero-order chi connectivity index (χ0) is 22.8. The number of anilines is 1. The molecular weight excluding hydrogens is 443 g/mol. The van der Waals surface area contributed by atoms with Gasteiger partial charge in [0.05, 0.1) is 11.4 Å². The second-order valence-electron chi connectivity index (χ2n) is 6.75. The van der Waals surface area contributed by atoms with Gasteiger partial charge in [0.15, 0.2) is 0 Å². The van der Waals surface area contributed by atoms with Crippen LogP contribution >= 0.6 is 11.6 Å². The summed E-state index contributed by atoms with van der Waals surface area (Å²) in [4.78, 5) is 12.3. The van der Waals surface area contributed by atoms with E-state index in [9.17, 15) is 17.6 Å². The monoisotopic (exact) mass is 464 g/mol. The molecule has 1 heterocycles. The highest BCUT2D eigenvalue weighted by Gasteiger charge is 2.26. The molecule has 0 saturated heterocycles. The highest BCUT2D eigenvalue weighted by atomic mass is 35.5. The summed E-state index contributed by atoms with van der Waals surface area (Å²) in [5, 5.41) is 7.58.